The number of anilines is 2. The first kappa shape index (κ1) is 28.3. The number of hydrogen-bond donors (Lipinski definition) is 4. The maximum atomic E-state index is 12.8. The molecular weight excluding hydrogens is 479 g/mol. The molecule has 0 bridgehead atoms. The standard InChI is InChI=1S/C24H32F3N3O4Si/c1-23(2,3)35(4,5)34-20(14-15-31)22(33)30-29-21(32)18-8-6-7-9-19(18)28-17-12-10-16(11-13-17)24(25,26)27/h6-13,20,28,31H,14-15H2,1-5H3,(H,29,32)(H,30,33). The molecule has 2 aromatic rings. The minimum atomic E-state index is -4.45. The number of aliphatic hydroxyl groups is 1. The molecule has 11 heteroatoms. The van der Waals surface area contributed by atoms with Crippen LogP contribution in [0.25, 0.3) is 0 Å². The second kappa shape index (κ2) is 11.2. The topological polar surface area (TPSA) is 99.7 Å². The molecule has 0 aliphatic carbocycles. The fourth-order valence-electron chi connectivity index (χ4n) is 2.85. The Morgan fingerprint density at radius 3 is 2.14 bits per heavy atom. The van der Waals surface area contributed by atoms with E-state index in [1.54, 1.807) is 18.2 Å². The third-order valence-electron chi connectivity index (χ3n) is 5.89. The van der Waals surface area contributed by atoms with Gasteiger partial charge in [0.15, 0.2) is 8.32 Å². The Morgan fingerprint density at radius 2 is 1.60 bits per heavy atom. The van der Waals surface area contributed by atoms with Crippen molar-refractivity contribution in [1.82, 2.24) is 10.9 Å². The summed E-state index contributed by atoms with van der Waals surface area (Å²) in [7, 11) is -2.32. The van der Waals surface area contributed by atoms with Gasteiger partial charge >= 0.3 is 6.18 Å². The van der Waals surface area contributed by atoms with Crippen molar-refractivity contribution in [2.75, 3.05) is 11.9 Å². The summed E-state index contributed by atoms with van der Waals surface area (Å²) in [6, 6.07) is 10.8. The largest absolute Gasteiger partial charge is 0.416 e. The highest BCUT2D eigenvalue weighted by molar-refractivity contribution is 6.74. The van der Waals surface area contributed by atoms with E-state index in [9.17, 15) is 27.9 Å². The Balaban J connectivity index is 2.09. The van der Waals surface area contributed by atoms with Gasteiger partial charge in [-0.3, -0.25) is 20.4 Å². The third kappa shape index (κ3) is 7.81. The molecule has 35 heavy (non-hydrogen) atoms. The number of hydrazine groups is 1. The molecule has 0 aliphatic rings. The molecule has 2 amide bonds. The van der Waals surface area contributed by atoms with E-state index < -0.39 is 38.0 Å². The van der Waals surface area contributed by atoms with Crippen molar-refractivity contribution in [2.24, 2.45) is 0 Å². The van der Waals surface area contributed by atoms with Crippen LogP contribution in [0, 0.1) is 0 Å². The smallest absolute Gasteiger partial charge is 0.405 e. The van der Waals surface area contributed by atoms with Gasteiger partial charge in [0, 0.05) is 18.7 Å². The van der Waals surface area contributed by atoms with Crippen molar-refractivity contribution >= 4 is 31.5 Å². The van der Waals surface area contributed by atoms with Gasteiger partial charge in [-0.2, -0.15) is 13.2 Å². The second-order valence-electron chi connectivity index (χ2n) is 9.57. The molecule has 2 aromatic carbocycles. The monoisotopic (exact) mass is 511 g/mol. The zero-order valence-electron chi connectivity index (χ0n) is 20.4. The number of rotatable bonds is 8. The molecule has 0 saturated heterocycles. The van der Waals surface area contributed by atoms with Crippen LogP contribution in [0.4, 0.5) is 24.5 Å². The van der Waals surface area contributed by atoms with Gasteiger partial charge in [0.05, 0.1) is 16.8 Å². The molecule has 2 rings (SSSR count). The first-order valence-corrected chi connectivity index (χ1v) is 14.0. The Morgan fingerprint density at radius 1 is 1.00 bits per heavy atom. The average Bonchev–Trinajstić information content (AvgIpc) is 2.76. The van der Waals surface area contributed by atoms with E-state index in [1.165, 1.54) is 18.2 Å². The van der Waals surface area contributed by atoms with Crippen LogP contribution in [-0.2, 0) is 15.4 Å². The van der Waals surface area contributed by atoms with Crippen molar-refractivity contribution in [2.45, 2.75) is 57.6 Å². The molecule has 0 saturated carbocycles. The maximum absolute atomic E-state index is 12.8. The predicted molar refractivity (Wildman–Crippen MR) is 131 cm³/mol. The number of para-hydroxylation sites is 1. The van der Waals surface area contributed by atoms with Gasteiger partial charge in [-0.1, -0.05) is 32.9 Å². The number of carbonyl (C=O) groups is 2. The van der Waals surface area contributed by atoms with E-state index in [0.29, 0.717) is 11.4 Å². The molecule has 192 valence electrons. The Bertz CT molecular complexity index is 1020. The Hall–Kier alpha value is -2.89. The fraction of sp³-hybridized carbons (Fsp3) is 0.417. The van der Waals surface area contributed by atoms with Gasteiger partial charge in [-0.15, -0.1) is 0 Å². The highest BCUT2D eigenvalue weighted by Gasteiger charge is 2.40. The number of aliphatic hydroxyl groups excluding tert-OH is 1. The van der Waals surface area contributed by atoms with E-state index in [1.807, 2.05) is 33.9 Å². The summed E-state index contributed by atoms with van der Waals surface area (Å²) >= 11 is 0. The van der Waals surface area contributed by atoms with Crippen molar-refractivity contribution < 1.29 is 32.3 Å². The van der Waals surface area contributed by atoms with E-state index in [2.05, 4.69) is 16.2 Å². The molecule has 4 N–H and O–H groups in total. The van der Waals surface area contributed by atoms with Gasteiger partial charge in [-0.05, 0) is 54.5 Å². The number of alkyl halides is 3. The van der Waals surface area contributed by atoms with Crippen molar-refractivity contribution in [3.63, 3.8) is 0 Å². The fourth-order valence-corrected chi connectivity index (χ4v) is 4.14. The summed E-state index contributed by atoms with van der Waals surface area (Å²) in [5.74, 6) is -1.23. The molecule has 0 radical (unpaired) electrons. The van der Waals surface area contributed by atoms with E-state index in [-0.39, 0.29) is 23.6 Å². The summed E-state index contributed by atoms with van der Waals surface area (Å²) in [5, 5.41) is 12.1. The minimum Gasteiger partial charge on any atom is -0.405 e. The van der Waals surface area contributed by atoms with Crippen molar-refractivity contribution in [3.05, 3.63) is 59.7 Å². The van der Waals surface area contributed by atoms with Crippen LogP contribution < -0.4 is 16.2 Å². The van der Waals surface area contributed by atoms with Crippen LogP contribution >= 0.6 is 0 Å². The highest BCUT2D eigenvalue weighted by Crippen LogP contribution is 2.37. The van der Waals surface area contributed by atoms with E-state index in [4.69, 9.17) is 4.43 Å². The first-order valence-electron chi connectivity index (χ1n) is 11.1. The average molecular weight is 512 g/mol. The third-order valence-corrected chi connectivity index (χ3v) is 10.4. The van der Waals surface area contributed by atoms with Crippen LogP contribution in [0.15, 0.2) is 48.5 Å². The van der Waals surface area contributed by atoms with Gasteiger partial charge in [-0.25, -0.2) is 0 Å². The lowest BCUT2D eigenvalue weighted by molar-refractivity contribution is -0.137. The normalized spacial score (nSPS) is 13.2. The van der Waals surface area contributed by atoms with Crippen LogP contribution in [-0.4, -0.2) is 37.9 Å². The number of halogens is 3. The summed E-state index contributed by atoms with van der Waals surface area (Å²) in [6.45, 7) is 9.76. The lowest BCUT2D eigenvalue weighted by atomic mass is 10.1. The molecule has 0 spiro atoms. The lowest BCUT2D eigenvalue weighted by Gasteiger charge is -2.38. The van der Waals surface area contributed by atoms with E-state index >= 15 is 0 Å². The van der Waals surface area contributed by atoms with Crippen molar-refractivity contribution in [3.8, 4) is 0 Å². The SMILES string of the molecule is CC(C)(C)[Si](C)(C)OC(CCO)C(=O)NNC(=O)c1ccccc1Nc1ccc(C(F)(F)F)cc1. The summed E-state index contributed by atoms with van der Waals surface area (Å²) in [6.07, 6.45) is -5.32. The summed E-state index contributed by atoms with van der Waals surface area (Å²) < 4.78 is 44.5. The molecule has 0 heterocycles. The van der Waals surface area contributed by atoms with Crippen LogP contribution in [0.5, 0.6) is 0 Å². The number of hydrogen-bond acceptors (Lipinski definition) is 5. The molecule has 7 nitrogen and oxygen atoms in total. The zero-order valence-corrected chi connectivity index (χ0v) is 21.4. The molecule has 0 aliphatic heterocycles. The molecule has 0 aromatic heterocycles. The van der Waals surface area contributed by atoms with Gasteiger partial charge < -0.3 is 14.8 Å². The molecule has 0 fully saturated rings. The first-order chi connectivity index (χ1) is 16.2. The summed E-state index contributed by atoms with van der Waals surface area (Å²) in [5.41, 5.74) is 4.77. The minimum absolute atomic E-state index is 0.0697. The quantitative estimate of drug-likeness (QED) is 0.296. The van der Waals surface area contributed by atoms with Crippen LogP contribution in [0.2, 0.25) is 18.1 Å². The second-order valence-corrected chi connectivity index (χ2v) is 14.3. The highest BCUT2D eigenvalue weighted by atomic mass is 28.4. The number of benzene rings is 2. The zero-order chi connectivity index (χ0) is 26.4. The molecule has 1 unspecified atom stereocenters. The van der Waals surface area contributed by atoms with Gasteiger partial charge in [0.25, 0.3) is 11.8 Å². The summed E-state index contributed by atoms with van der Waals surface area (Å²) in [4.78, 5) is 25.5. The van der Waals surface area contributed by atoms with Crippen LogP contribution in [0.1, 0.15) is 43.1 Å². The number of carbonyl (C=O) groups excluding carboxylic acids is 2. The number of amides is 2. The molecule has 1 atom stereocenters. The van der Waals surface area contributed by atoms with Gasteiger partial charge in [0.1, 0.15) is 6.10 Å². The Kier molecular flexibility index (Phi) is 9.09. The predicted octanol–water partition coefficient (Wildman–Crippen LogP) is 4.98. The van der Waals surface area contributed by atoms with Crippen molar-refractivity contribution in [1.29, 1.82) is 0 Å². The number of nitrogens with one attached hydrogen (secondary N) is 3. The van der Waals surface area contributed by atoms with Crippen LogP contribution in [0.3, 0.4) is 0 Å². The molecular formula is C24H32F3N3O4Si. The van der Waals surface area contributed by atoms with E-state index in [0.717, 1.165) is 12.1 Å². The Labute approximate surface area is 204 Å². The van der Waals surface area contributed by atoms with Gasteiger partial charge in [0.2, 0.25) is 0 Å². The maximum Gasteiger partial charge on any atom is 0.416 e. The lowest BCUT2D eigenvalue weighted by Crippen LogP contribution is -2.52.